The Labute approximate surface area is 71.0 Å². The van der Waals surface area contributed by atoms with Crippen LogP contribution in [-0.4, -0.2) is 13.0 Å². The molecule has 0 aliphatic carbocycles. The molecule has 0 heterocycles. The highest BCUT2D eigenvalue weighted by Gasteiger charge is 2.05. The summed E-state index contributed by atoms with van der Waals surface area (Å²) in [5, 5.41) is 13.2. The number of anilines is 1. The summed E-state index contributed by atoms with van der Waals surface area (Å²) < 4.78 is 0. The highest BCUT2D eigenvalue weighted by Crippen LogP contribution is 2.14. The van der Waals surface area contributed by atoms with Crippen molar-refractivity contribution in [1.82, 2.24) is 0 Å². The van der Waals surface area contributed by atoms with Crippen LogP contribution in [0.5, 0.6) is 0 Å². The molecule has 0 atom stereocenters. The molecule has 0 bridgehead atoms. The van der Waals surface area contributed by atoms with Gasteiger partial charge in [-0.05, 0) is 11.6 Å². The quantitative estimate of drug-likeness (QED) is 0.730. The minimum atomic E-state index is -1.06. The summed E-state index contributed by atoms with van der Waals surface area (Å²) in [6.07, 6.45) is -0.0446. The predicted molar refractivity (Wildman–Crippen MR) is 45.4 cm³/mol. The lowest BCUT2D eigenvalue weighted by molar-refractivity contribution is -0.142. The molecule has 63 valence electrons. The first-order valence-corrected chi connectivity index (χ1v) is 3.69. The SMILES string of the molecule is CNc1ccccc1CC([O])=O. The van der Waals surface area contributed by atoms with E-state index < -0.39 is 5.97 Å². The number of carbonyl (C=O) groups excluding carboxylic acids is 1. The fourth-order valence-corrected chi connectivity index (χ4v) is 1.07. The second-order valence-electron chi connectivity index (χ2n) is 2.46. The molecule has 0 unspecified atom stereocenters. The minimum Gasteiger partial charge on any atom is -0.388 e. The zero-order chi connectivity index (χ0) is 8.97. The van der Waals surface area contributed by atoms with E-state index in [0.717, 1.165) is 11.3 Å². The summed E-state index contributed by atoms with van der Waals surface area (Å²) in [6.45, 7) is 0. The van der Waals surface area contributed by atoms with Crippen LogP contribution in [0.4, 0.5) is 5.69 Å². The molecule has 12 heavy (non-hydrogen) atoms. The van der Waals surface area contributed by atoms with Gasteiger partial charge in [-0.1, -0.05) is 18.2 Å². The van der Waals surface area contributed by atoms with Crippen LogP contribution >= 0.6 is 0 Å². The highest BCUT2D eigenvalue weighted by atomic mass is 16.4. The average Bonchev–Trinajstić information content (AvgIpc) is 2.04. The molecule has 0 fully saturated rings. The van der Waals surface area contributed by atoms with Crippen molar-refractivity contribution in [1.29, 1.82) is 0 Å². The summed E-state index contributed by atoms with van der Waals surface area (Å²) in [6, 6.07) is 7.25. The lowest BCUT2D eigenvalue weighted by atomic mass is 10.1. The summed E-state index contributed by atoms with van der Waals surface area (Å²) in [4.78, 5) is 10.3. The smallest absolute Gasteiger partial charge is 0.360 e. The van der Waals surface area contributed by atoms with Crippen molar-refractivity contribution in [3.63, 3.8) is 0 Å². The van der Waals surface area contributed by atoms with E-state index in [2.05, 4.69) is 5.32 Å². The van der Waals surface area contributed by atoms with E-state index in [1.165, 1.54) is 0 Å². The van der Waals surface area contributed by atoms with Crippen molar-refractivity contribution >= 4 is 11.7 Å². The van der Waals surface area contributed by atoms with Crippen LogP contribution < -0.4 is 5.32 Å². The maximum Gasteiger partial charge on any atom is 0.360 e. The van der Waals surface area contributed by atoms with Crippen LogP contribution in [0.15, 0.2) is 24.3 Å². The maximum atomic E-state index is 10.3. The molecular weight excluding hydrogens is 154 g/mol. The number of para-hydroxylation sites is 1. The number of rotatable bonds is 3. The molecule has 0 aliphatic heterocycles. The van der Waals surface area contributed by atoms with E-state index in [1.54, 1.807) is 19.2 Å². The molecule has 0 amide bonds. The second-order valence-corrected chi connectivity index (χ2v) is 2.46. The Morgan fingerprint density at radius 3 is 2.67 bits per heavy atom. The molecule has 1 N–H and O–H groups in total. The molecule has 0 aromatic heterocycles. The summed E-state index contributed by atoms with van der Waals surface area (Å²) in [5.41, 5.74) is 1.58. The zero-order valence-corrected chi connectivity index (χ0v) is 6.83. The van der Waals surface area contributed by atoms with Gasteiger partial charge in [0.2, 0.25) is 0 Å². The molecule has 1 radical (unpaired) electrons. The molecule has 0 saturated heterocycles. The maximum absolute atomic E-state index is 10.3. The molecule has 0 aliphatic rings. The number of benzene rings is 1. The normalized spacial score (nSPS) is 9.42. The monoisotopic (exact) mass is 164 g/mol. The molecule has 0 spiro atoms. The molecule has 1 aromatic carbocycles. The highest BCUT2D eigenvalue weighted by molar-refractivity contribution is 5.72. The van der Waals surface area contributed by atoms with Gasteiger partial charge in [0.1, 0.15) is 0 Å². The Bertz CT molecular complexity index is 284. The lowest BCUT2D eigenvalue weighted by Crippen LogP contribution is -2.02. The van der Waals surface area contributed by atoms with Crippen LogP contribution in [0.1, 0.15) is 5.56 Å². The Morgan fingerprint density at radius 2 is 2.08 bits per heavy atom. The van der Waals surface area contributed by atoms with Crippen molar-refractivity contribution in [2.45, 2.75) is 6.42 Å². The third-order valence-corrected chi connectivity index (χ3v) is 1.62. The molecule has 0 saturated carbocycles. The van der Waals surface area contributed by atoms with E-state index in [0.29, 0.717) is 0 Å². The molecule has 3 heteroatoms. The molecular formula is C9H10NO2. The van der Waals surface area contributed by atoms with Gasteiger partial charge < -0.3 is 5.32 Å². The van der Waals surface area contributed by atoms with E-state index >= 15 is 0 Å². The zero-order valence-electron chi connectivity index (χ0n) is 6.83. The topological polar surface area (TPSA) is 49.0 Å². The number of carbonyl (C=O) groups is 1. The molecule has 3 nitrogen and oxygen atoms in total. The third-order valence-electron chi connectivity index (χ3n) is 1.62. The fraction of sp³-hybridized carbons (Fsp3) is 0.222. The van der Waals surface area contributed by atoms with Gasteiger partial charge in [0.05, 0.1) is 6.42 Å². The molecule has 1 aromatic rings. The van der Waals surface area contributed by atoms with Gasteiger partial charge in [-0.15, -0.1) is 0 Å². The Morgan fingerprint density at radius 1 is 1.42 bits per heavy atom. The number of nitrogens with one attached hydrogen (secondary N) is 1. The summed E-state index contributed by atoms with van der Waals surface area (Å²) >= 11 is 0. The van der Waals surface area contributed by atoms with Crippen LogP contribution in [-0.2, 0) is 16.3 Å². The van der Waals surface area contributed by atoms with Gasteiger partial charge in [-0.25, -0.2) is 9.90 Å². The van der Waals surface area contributed by atoms with Crippen LogP contribution in [0.3, 0.4) is 0 Å². The van der Waals surface area contributed by atoms with Gasteiger partial charge in [-0.2, -0.15) is 0 Å². The van der Waals surface area contributed by atoms with Crippen molar-refractivity contribution in [3.8, 4) is 0 Å². The number of hydrogen-bond donors (Lipinski definition) is 1. The van der Waals surface area contributed by atoms with Crippen molar-refractivity contribution in [2.24, 2.45) is 0 Å². The first-order chi connectivity index (χ1) is 5.74. The van der Waals surface area contributed by atoms with Gasteiger partial charge in [0.25, 0.3) is 0 Å². The van der Waals surface area contributed by atoms with Crippen LogP contribution in [0.25, 0.3) is 0 Å². The lowest BCUT2D eigenvalue weighted by Gasteiger charge is -2.04. The summed E-state index contributed by atoms with van der Waals surface area (Å²) in [5.74, 6) is -1.06. The van der Waals surface area contributed by atoms with Gasteiger partial charge in [0.15, 0.2) is 0 Å². The second kappa shape index (κ2) is 3.76. The Balaban J connectivity index is 2.89. The van der Waals surface area contributed by atoms with Gasteiger partial charge >= 0.3 is 5.97 Å². The summed E-state index contributed by atoms with van der Waals surface area (Å²) in [7, 11) is 1.76. The largest absolute Gasteiger partial charge is 0.388 e. The van der Waals surface area contributed by atoms with E-state index in [-0.39, 0.29) is 6.42 Å². The van der Waals surface area contributed by atoms with Crippen LogP contribution in [0.2, 0.25) is 0 Å². The van der Waals surface area contributed by atoms with E-state index in [4.69, 9.17) is 0 Å². The predicted octanol–water partition coefficient (Wildman–Crippen LogP) is 1.23. The van der Waals surface area contributed by atoms with Crippen molar-refractivity contribution in [3.05, 3.63) is 29.8 Å². The van der Waals surface area contributed by atoms with Gasteiger partial charge in [0, 0.05) is 12.7 Å². The fourth-order valence-electron chi connectivity index (χ4n) is 1.07. The third kappa shape index (κ3) is 1.99. The van der Waals surface area contributed by atoms with Crippen molar-refractivity contribution in [2.75, 3.05) is 12.4 Å². The number of hydrogen-bond acceptors (Lipinski definition) is 2. The van der Waals surface area contributed by atoms with Crippen molar-refractivity contribution < 1.29 is 9.90 Å². The van der Waals surface area contributed by atoms with E-state index in [1.807, 2.05) is 12.1 Å². The average molecular weight is 164 g/mol. The minimum absolute atomic E-state index is 0.0446. The Kier molecular flexibility index (Phi) is 2.69. The first-order valence-electron chi connectivity index (χ1n) is 3.69. The molecule has 1 rings (SSSR count). The van der Waals surface area contributed by atoms with Gasteiger partial charge in [-0.3, -0.25) is 0 Å². The standard InChI is InChI=1S/C9H10NO2/c1-10-8-5-3-2-4-7(8)6-9(11)12/h2-5,10H,6H2,1H3. The Hall–Kier alpha value is -1.51. The first kappa shape index (κ1) is 8.59. The van der Waals surface area contributed by atoms with Crippen LogP contribution in [0, 0.1) is 0 Å². The van der Waals surface area contributed by atoms with E-state index in [9.17, 15) is 9.90 Å².